The maximum Gasteiger partial charge on any atom is 0.130 e. The molecular weight excluding hydrogens is 299 g/mol. The van der Waals surface area contributed by atoms with E-state index in [-0.39, 0.29) is 5.56 Å². The van der Waals surface area contributed by atoms with Gasteiger partial charge in [-0.05, 0) is 24.6 Å². The van der Waals surface area contributed by atoms with Crippen molar-refractivity contribution in [3.8, 4) is 0 Å². The molecule has 0 bridgehead atoms. The molecule has 1 unspecified atom stereocenters. The first-order chi connectivity index (χ1) is 8.65. The van der Waals surface area contributed by atoms with Gasteiger partial charge in [-0.1, -0.05) is 28.9 Å². The number of benzene rings is 1. The highest BCUT2D eigenvalue weighted by Crippen LogP contribution is 2.30. The summed E-state index contributed by atoms with van der Waals surface area (Å²) >= 11 is 3.27. The first-order valence-corrected chi connectivity index (χ1v) is 6.58. The van der Waals surface area contributed by atoms with Gasteiger partial charge in [0.2, 0.25) is 0 Å². The zero-order valence-corrected chi connectivity index (χ0v) is 11.6. The summed E-state index contributed by atoms with van der Waals surface area (Å²) in [6.07, 6.45) is 1.50. The van der Waals surface area contributed by atoms with E-state index in [4.69, 9.17) is 0 Å². The molecule has 5 heteroatoms. The van der Waals surface area contributed by atoms with E-state index in [0.29, 0.717) is 16.7 Å². The summed E-state index contributed by atoms with van der Waals surface area (Å²) in [4.78, 5) is 0. The molecule has 1 aromatic heterocycles. The molecule has 1 heterocycles. The molecule has 0 saturated heterocycles. The summed E-state index contributed by atoms with van der Waals surface area (Å²) < 4.78 is 16.0. The van der Waals surface area contributed by atoms with Crippen LogP contribution in [0.5, 0.6) is 0 Å². The Bertz CT molecular complexity index is 521. The van der Waals surface area contributed by atoms with Crippen LogP contribution in [0.2, 0.25) is 0 Å². The van der Waals surface area contributed by atoms with E-state index in [0.717, 1.165) is 6.42 Å². The van der Waals surface area contributed by atoms with Crippen molar-refractivity contribution in [1.29, 1.82) is 0 Å². The van der Waals surface area contributed by atoms with Crippen molar-refractivity contribution in [3.05, 3.63) is 52.0 Å². The van der Waals surface area contributed by atoms with Gasteiger partial charge in [-0.2, -0.15) is 5.10 Å². The van der Waals surface area contributed by atoms with E-state index in [1.54, 1.807) is 29.1 Å². The van der Waals surface area contributed by atoms with Crippen molar-refractivity contribution in [2.75, 3.05) is 0 Å². The molecule has 0 spiro atoms. The molecule has 2 rings (SSSR count). The van der Waals surface area contributed by atoms with Gasteiger partial charge < -0.3 is 5.11 Å². The highest BCUT2D eigenvalue weighted by molar-refractivity contribution is 9.10. The van der Waals surface area contributed by atoms with Crippen LogP contribution >= 0.6 is 15.9 Å². The molecule has 0 radical (unpaired) electrons. The number of rotatable bonds is 4. The van der Waals surface area contributed by atoms with Gasteiger partial charge in [-0.3, -0.25) is 4.68 Å². The molecule has 18 heavy (non-hydrogen) atoms. The van der Waals surface area contributed by atoms with Crippen LogP contribution in [0.4, 0.5) is 4.39 Å². The van der Waals surface area contributed by atoms with Gasteiger partial charge in [-0.25, -0.2) is 4.39 Å². The van der Waals surface area contributed by atoms with E-state index in [2.05, 4.69) is 21.0 Å². The molecule has 0 aliphatic heterocycles. The van der Waals surface area contributed by atoms with E-state index >= 15 is 0 Å². The van der Waals surface area contributed by atoms with E-state index < -0.39 is 11.9 Å². The van der Waals surface area contributed by atoms with Crippen LogP contribution in [0.25, 0.3) is 0 Å². The number of aromatic nitrogens is 2. The minimum Gasteiger partial charge on any atom is -0.382 e. The van der Waals surface area contributed by atoms with Crippen LogP contribution in [-0.4, -0.2) is 14.9 Å². The molecule has 1 aromatic carbocycles. The highest BCUT2D eigenvalue weighted by atomic mass is 79.9. The SMILES string of the molecule is CCCn1nccc1C(O)c1c(F)cccc1Br. The molecule has 1 atom stereocenters. The Balaban J connectivity index is 2.41. The summed E-state index contributed by atoms with van der Waals surface area (Å²) in [5.74, 6) is -0.430. The fourth-order valence-corrected chi connectivity index (χ4v) is 2.45. The van der Waals surface area contributed by atoms with Gasteiger partial charge >= 0.3 is 0 Å². The van der Waals surface area contributed by atoms with Gasteiger partial charge in [0, 0.05) is 22.8 Å². The summed E-state index contributed by atoms with van der Waals surface area (Å²) in [6, 6.07) is 6.35. The van der Waals surface area contributed by atoms with Gasteiger partial charge in [0.05, 0.1) is 5.69 Å². The third kappa shape index (κ3) is 2.47. The monoisotopic (exact) mass is 312 g/mol. The second-order valence-electron chi connectivity index (χ2n) is 4.02. The Morgan fingerprint density at radius 1 is 1.44 bits per heavy atom. The van der Waals surface area contributed by atoms with Crippen molar-refractivity contribution < 1.29 is 9.50 Å². The number of aliphatic hydroxyl groups is 1. The number of hydrogen-bond donors (Lipinski definition) is 1. The Labute approximate surface area is 113 Å². The van der Waals surface area contributed by atoms with Gasteiger partial charge in [0.25, 0.3) is 0 Å². The molecule has 0 aliphatic carbocycles. The lowest BCUT2D eigenvalue weighted by Gasteiger charge is -2.15. The zero-order chi connectivity index (χ0) is 13.1. The first-order valence-electron chi connectivity index (χ1n) is 5.78. The average Bonchev–Trinajstić information content (AvgIpc) is 2.77. The lowest BCUT2D eigenvalue weighted by molar-refractivity contribution is 0.201. The largest absolute Gasteiger partial charge is 0.382 e. The lowest BCUT2D eigenvalue weighted by Crippen LogP contribution is -2.11. The van der Waals surface area contributed by atoms with Gasteiger partial charge in [-0.15, -0.1) is 0 Å². The Hall–Kier alpha value is -1.20. The average molecular weight is 313 g/mol. The Morgan fingerprint density at radius 2 is 2.22 bits per heavy atom. The van der Waals surface area contributed by atoms with Crippen LogP contribution in [0.1, 0.15) is 30.7 Å². The normalized spacial score (nSPS) is 12.7. The molecule has 0 fully saturated rings. The van der Waals surface area contributed by atoms with Gasteiger partial charge in [0.1, 0.15) is 11.9 Å². The van der Waals surface area contributed by atoms with Crippen LogP contribution in [0, 0.1) is 5.82 Å². The summed E-state index contributed by atoms with van der Waals surface area (Å²) in [6.45, 7) is 2.72. The van der Waals surface area contributed by atoms with E-state index in [1.165, 1.54) is 6.07 Å². The number of halogens is 2. The van der Waals surface area contributed by atoms with Crippen LogP contribution < -0.4 is 0 Å². The molecule has 0 amide bonds. The zero-order valence-electron chi connectivity index (χ0n) is 9.98. The van der Waals surface area contributed by atoms with Crippen molar-refractivity contribution in [3.63, 3.8) is 0 Å². The minimum absolute atomic E-state index is 0.246. The summed E-state index contributed by atoms with van der Waals surface area (Å²) in [5, 5.41) is 14.4. The first kappa shape index (κ1) is 13.2. The summed E-state index contributed by atoms with van der Waals surface area (Å²) in [7, 11) is 0. The van der Waals surface area contributed by atoms with Crippen molar-refractivity contribution in [2.24, 2.45) is 0 Å². The number of aliphatic hydroxyl groups excluding tert-OH is 1. The van der Waals surface area contributed by atoms with Crippen LogP contribution in [0.15, 0.2) is 34.9 Å². The predicted octanol–water partition coefficient (Wildman–Crippen LogP) is 3.28. The quantitative estimate of drug-likeness (QED) is 0.941. The second-order valence-corrected chi connectivity index (χ2v) is 4.87. The fraction of sp³-hybridized carbons (Fsp3) is 0.308. The van der Waals surface area contributed by atoms with Crippen molar-refractivity contribution >= 4 is 15.9 Å². The lowest BCUT2D eigenvalue weighted by atomic mass is 10.1. The maximum atomic E-state index is 13.8. The smallest absolute Gasteiger partial charge is 0.130 e. The number of hydrogen-bond acceptors (Lipinski definition) is 2. The molecular formula is C13H14BrFN2O. The summed E-state index contributed by atoms with van der Waals surface area (Å²) in [5.41, 5.74) is 0.845. The third-order valence-corrected chi connectivity index (χ3v) is 3.43. The Morgan fingerprint density at radius 3 is 2.89 bits per heavy atom. The molecule has 0 aliphatic rings. The van der Waals surface area contributed by atoms with Gasteiger partial charge in [0.15, 0.2) is 0 Å². The maximum absolute atomic E-state index is 13.8. The highest BCUT2D eigenvalue weighted by Gasteiger charge is 2.21. The predicted molar refractivity (Wildman–Crippen MR) is 70.7 cm³/mol. The van der Waals surface area contributed by atoms with Crippen molar-refractivity contribution in [1.82, 2.24) is 9.78 Å². The van der Waals surface area contributed by atoms with E-state index in [9.17, 15) is 9.50 Å². The molecule has 96 valence electrons. The number of nitrogens with zero attached hydrogens (tertiary/aromatic N) is 2. The van der Waals surface area contributed by atoms with E-state index in [1.807, 2.05) is 6.92 Å². The second kappa shape index (κ2) is 5.63. The molecule has 3 nitrogen and oxygen atoms in total. The number of aryl methyl sites for hydroxylation is 1. The molecule has 2 aromatic rings. The van der Waals surface area contributed by atoms with Crippen molar-refractivity contribution in [2.45, 2.75) is 26.0 Å². The Kier molecular flexibility index (Phi) is 4.14. The van der Waals surface area contributed by atoms with Crippen LogP contribution in [0.3, 0.4) is 0 Å². The van der Waals surface area contributed by atoms with Crippen LogP contribution in [-0.2, 0) is 6.54 Å². The molecule has 1 N–H and O–H groups in total. The minimum atomic E-state index is -1.02. The molecule has 0 saturated carbocycles. The standard InChI is InChI=1S/C13H14BrFN2O/c1-2-8-17-11(6-7-16-17)13(18)12-9(14)4-3-5-10(12)15/h3-7,13,18H,2,8H2,1H3. The fourth-order valence-electron chi connectivity index (χ4n) is 1.89. The topological polar surface area (TPSA) is 38.0 Å². The third-order valence-electron chi connectivity index (χ3n) is 2.74.